The number of hydrogen-bond donors (Lipinski definition) is 0. The van der Waals surface area contributed by atoms with Crippen molar-refractivity contribution in [2.75, 3.05) is 11.4 Å². The normalized spacial score (nSPS) is 13.0. The maximum Gasteiger partial charge on any atom is 0.322 e. The molecule has 5 nitrogen and oxygen atoms in total. The monoisotopic (exact) mass is 340 g/mol. The van der Waals surface area contributed by atoms with Gasteiger partial charge in [-0.1, -0.05) is 18.2 Å². The van der Waals surface area contributed by atoms with Crippen molar-refractivity contribution >= 4 is 22.3 Å². The van der Waals surface area contributed by atoms with E-state index in [9.17, 15) is 0 Å². The molecule has 126 valence electrons. The second-order valence-electron chi connectivity index (χ2n) is 6.22. The second-order valence-corrected chi connectivity index (χ2v) is 6.22. The van der Waals surface area contributed by atoms with E-state index in [-0.39, 0.29) is 0 Å². The Balaban J connectivity index is 1.43. The fourth-order valence-corrected chi connectivity index (χ4v) is 3.33. The van der Waals surface area contributed by atoms with E-state index in [0.29, 0.717) is 6.01 Å². The number of pyridine rings is 1. The number of hydrogen-bond acceptors (Lipinski definition) is 5. The summed E-state index contributed by atoms with van der Waals surface area (Å²) in [4.78, 5) is 15.1. The number of anilines is 2. The summed E-state index contributed by atoms with van der Waals surface area (Å²) in [6.45, 7) is 0.973. The Kier molecular flexibility index (Phi) is 3.49. The van der Waals surface area contributed by atoms with Crippen molar-refractivity contribution in [3.63, 3.8) is 0 Å². The van der Waals surface area contributed by atoms with Gasteiger partial charge in [0.25, 0.3) is 0 Å². The molecule has 0 atom stereocenters. The maximum atomic E-state index is 5.88. The summed E-state index contributed by atoms with van der Waals surface area (Å²) in [6.07, 6.45) is 6.18. The number of rotatable bonds is 3. The summed E-state index contributed by atoms with van der Waals surface area (Å²) < 4.78 is 5.88. The van der Waals surface area contributed by atoms with Gasteiger partial charge in [0.05, 0.1) is 11.7 Å². The first-order valence-electron chi connectivity index (χ1n) is 8.57. The topological polar surface area (TPSA) is 51.1 Å². The van der Waals surface area contributed by atoms with Crippen LogP contribution in [0.25, 0.3) is 10.9 Å². The third-order valence-electron chi connectivity index (χ3n) is 4.59. The molecular formula is C21H16N4O. The number of aromatic nitrogens is 3. The fourth-order valence-electron chi connectivity index (χ4n) is 3.33. The number of benzene rings is 2. The maximum absolute atomic E-state index is 5.88. The minimum Gasteiger partial charge on any atom is -0.424 e. The summed E-state index contributed by atoms with van der Waals surface area (Å²) in [6, 6.07) is 18.8. The van der Waals surface area contributed by atoms with Crippen molar-refractivity contribution in [3.8, 4) is 11.8 Å². The molecule has 0 bridgehead atoms. The van der Waals surface area contributed by atoms with E-state index in [4.69, 9.17) is 4.74 Å². The van der Waals surface area contributed by atoms with Gasteiger partial charge in [0, 0.05) is 35.7 Å². The third kappa shape index (κ3) is 2.63. The predicted octanol–water partition coefficient (Wildman–Crippen LogP) is 4.51. The van der Waals surface area contributed by atoms with Gasteiger partial charge in [-0.25, -0.2) is 4.98 Å². The van der Waals surface area contributed by atoms with Crippen LogP contribution in [0.5, 0.6) is 11.8 Å². The van der Waals surface area contributed by atoms with Crippen LogP contribution in [0.1, 0.15) is 5.56 Å². The quantitative estimate of drug-likeness (QED) is 0.549. The van der Waals surface area contributed by atoms with Crippen molar-refractivity contribution in [1.82, 2.24) is 15.0 Å². The Morgan fingerprint density at radius 2 is 1.88 bits per heavy atom. The smallest absolute Gasteiger partial charge is 0.322 e. The molecule has 0 spiro atoms. The molecule has 0 radical (unpaired) electrons. The average Bonchev–Trinajstić information content (AvgIpc) is 3.12. The molecule has 26 heavy (non-hydrogen) atoms. The molecule has 3 heterocycles. The highest BCUT2D eigenvalue weighted by Gasteiger charge is 2.21. The Morgan fingerprint density at radius 3 is 2.81 bits per heavy atom. The van der Waals surface area contributed by atoms with E-state index in [1.807, 2.05) is 18.2 Å². The van der Waals surface area contributed by atoms with E-state index in [2.05, 4.69) is 56.3 Å². The van der Waals surface area contributed by atoms with Crippen LogP contribution in [0, 0.1) is 0 Å². The Morgan fingerprint density at radius 1 is 0.962 bits per heavy atom. The van der Waals surface area contributed by atoms with Crippen molar-refractivity contribution in [2.24, 2.45) is 0 Å². The van der Waals surface area contributed by atoms with Crippen LogP contribution in [0.3, 0.4) is 0 Å². The Labute approximate surface area is 150 Å². The van der Waals surface area contributed by atoms with Gasteiger partial charge < -0.3 is 9.64 Å². The second kappa shape index (κ2) is 6.11. The number of nitrogens with zero attached hydrogens (tertiary/aromatic N) is 4. The van der Waals surface area contributed by atoms with Crippen LogP contribution >= 0.6 is 0 Å². The number of ether oxygens (including phenoxy) is 1. The van der Waals surface area contributed by atoms with Crippen molar-refractivity contribution < 1.29 is 4.74 Å². The molecule has 0 N–H and O–H groups in total. The van der Waals surface area contributed by atoms with Gasteiger partial charge in [0.2, 0.25) is 0 Å². The van der Waals surface area contributed by atoms with Crippen LogP contribution in [-0.2, 0) is 6.42 Å². The van der Waals surface area contributed by atoms with Gasteiger partial charge in [-0.3, -0.25) is 4.98 Å². The summed E-state index contributed by atoms with van der Waals surface area (Å²) >= 11 is 0. The SMILES string of the molecule is c1ccc(N2CCc3cc(Oc4ncc5ccncc5n4)ccc32)cc1. The molecular weight excluding hydrogens is 324 g/mol. The Hall–Kier alpha value is -3.47. The molecule has 0 aliphatic carbocycles. The zero-order valence-corrected chi connectivity index (χ0v) is 14.0. The summed E-state index contributed by atoms with van der Waals surface area (Å²) in [5, 5.41) is 0.944. The minimum absolute atomic E-state index is 0.336. The van der Waals surface area contributed by atoms with E-state index in [1.165, 1.54) is 16.9 Å². The minimum atomic E-state index is 0.336. The lowest BCUT2D eigenvalue weighted by atomic mass is 10.1. The lowest BCUT2D eigenvalue weighted by Gasteiger charge is -2.19. The van der Waals surface area contributed by atoms with E-state index < -0.39 is 0 Å². The van der Waals surface area contributed by atoms with Crippen molar-refractivity contribution in [1.29, 1.82) is 0 Å². The summed E-state index contributed by atoms with van der Waals surface area (Å²) in [5.74, 6) is 0.752. The highest BCUT2D eigenvalue weighted by atomic mass is 16.5. The van der Waals surface area contributed by atoms with Crippen LogP contribution in [0.15, 0.2) is 73.2 Å². The first kappa shape index (κ1) is 14.8. The van der Waals surface area contributed by atoms with Crippen LogP contribution < -0.4 is 9.64 Å². The molecule has 1 aliphatic rings. The van der Waals surface area contributed by atoms with Gasteiger partial charge >= 0.3 is 6.01 Å². The molecule has 4 aromatic rings. The predicted molar refractivity (Wildman–Crippen MR) is 101 cm³/mol. The first-order valence-corrected chi connectivity index (χ1v) is 8.57. The van der Waals surface area contributed by atoms with E-state index in [0.717, 1.165) is 29.6 Å². The number of para-hydroxylation sites is 1. The zero-order valence-electron chi connectivity index (χ0n) is 14.0. The molecule has 5 heteroatoms. The molecule has 2 aromatic carbocycles. The number of fused-ring (bicyclic) bond motifs is 2. The van der Waals surface area contributed by atoms with Crippen molar-refractivity contribution in [3.05, 3.63) is 78.8 Å². The fraction of sp³-hybridized carbons (Fsp3) is 0.0952. The molecule has 0 saturated heterocycles. The molecule has 0 unspecified atom stereocenters. The lowest BCUT2D eigenvalue weighted by molar-refractivity contribution is 0.444. The van der Waals surface area contributed by atoms with Gasteiger partial charge in [-0.05, 0) is 48.4 Å². The molecule has 2 aromatic heterocycles. The van der Waals surface area contributed by atoms with Gasteiger partial charge in [0.15, 0.2) is 0 Å². The molecule has 0 fully saturated rings. The Bertz CT molecular complexity index is 1080. The van der Waals surface area contributed by atoms with E-state index >= 15 is 0 Å². The van der Waals surface area contributed by atoms with Crippen LogP contribution in [-0.4, -0.2) is 21.5 Å². The standard InChI is InChI=1S/C21H16N4O/c1-2-4-17(5-3-1)25-11-9-15-12-18(6-7-20(15)25)26-21-23-13-16-8-10-22-14-19(16)24-21/h1-8,10,12-14H,9,11H2. The largest absolute Gasteiger partial charge is 0.424 e. The van der Waals surface area contributed by atoms with Gasteiger partial charge in [0.1, 0.15) is 5.75 Å². The molecule has 5 rings (SSSR count). The molecule has 0 amide bonds. The van der Waals surface area contributed by atoms with Crippen molar-refractivity contribution in [2.45, 2.75) is 6.42 Å². The lowest BCUT2D eigenvalue weighted by Crippen LogP contribution is -2.12. The highest BCUT2D eigenvalue weighted by Crippen LogP contribution is 2.37. The average molecular weight is 340 g/mol. The molecule has 0 saturated carbocycles. The van der Waals surface area contributed by atoms with Crippen LogP contribution in [0.4, 0.5) is 11.4 Å². The van der Waals surface area contributed by atoms with E-state index in [1.54, 1.807) is 18.6 Å². The first-order chi connectivity index (χ1) is 12.9. The summed E-state index contributed by atoms with van der Waals surface area (Å²) in [7, 11) is 0. The van der Waals surface area contributed by atoms with Gasteiger partial charge in [-0.2, -0.15) is 4.98 Å². The third-order valence-corrected chi connectivity index (χ3v) is 4.59. The zero-order chi connectivity index (χ0) is 17.3. The highest BCUT2D eigenvalue weighted by molar-refractivity contribution is 5.76. The summed E-state index contributed by atoms with van der Waals surface area (Å²) in [5.41, 5.74) is 4.49. The van der Waals surface area contributed by atoms with Gasteiger partial charge in [-0.15, -0.1) is 0 Å². The molecule has 1 aliphatic heterocycles. The van der Waals surface area contributed by atoms with Crippen LogP contribution in [0.2, 0.25) is 0 Å².